The van der Waals surface area contributed by atoms with Crippen LogP contribution in [0.25, 0.3) is 0 Å². The Morgan fingerprint density at radius 1 is 0.794 bits per heavy atom. The highest BCUT2D eigenvalue weighted by molar-refractivity contribution is 6.36. The van der Waals surface area contributed by atoms with Crippen LogP contribution in [0.1, 0.15) is 27.8 Å². The third-order valence-corrected chi connectivity index (χ3v) is 8.60. The second-order valence-corrected chi connectivity index (χ2v) is 10.3. The van der Waals surface area contributed by atoms with E-state index in [-0.39, 0.29) is 0 Å². The third-order valence-electron chi connectivity index (χ3n) is 7.31. The summed E-state index contributed by atoms with van der Waals surface area (Å²) in [5, 5.41) is 2.76. The van der Waals surface area contributed by atoms with Crippen molar-refractivity contribution in [2.45, 2.75) is 16.7 Å². The Balaban J connectivity index is 1.42. The molecule has 34 heavy (non-hydrogen) atoms. The molecule has 7 rings (SSSR count). The molecule has 2 bridgehead atoms. The van der Waals surface area contributed by atoms with Crippen molar-refractivity contribution in [3.63, 3.8) is 0 Å². The van der Waals surface area contributed by atoms with Crippen LogP contribution in [0.5, 0.6) is 0 Å². The van der Waals surface area contributed by atoms with Gasteiger partial charge < -0.3 is 5.32 Å². The van der Waals surface area contributed by atoms with Crippen molar-refractivity contribution in [1.82, 2.24) is 4.90 Å². The Morgan fingerprint density at radius 3 is 1.62 bits per heavy atom. The highest BCUT2D eigenvalue weighted by Gasteiger charge is 2.73. The molecular weight excluding hydrogens is 471 g/mol. The van der Waals surface area contributed by atoms with Crippen LogP contribution in [0.3, 0.4) is 0 Å². The largest absolute Gasteiger partial charge is 0.325 e. The zero-order valence-corrected chi connectivity index (χ0v) is 19.7. The third kappa shape index (κ3) is 2.60. The summed E-state index contributed by atoms with van der Waals surface area (Å²) in [7, 11) is 0. The normalized spacial score (nSPS) is 28.4. The highest BCUT2D eigenvalue weighted by atomic mass is 35.5. The zero-order chi connectivity index (χ0) is 23.8. The molecule has 170 valence electrons. The number of hydrogen-bond acceptors (Lipinski definition) is 3. The quantitative estimate of drug-likeness (QED) is 0.433. The zero-order valence-electron chi connectivity index (χ0n) is 18.2. The van der Waals surface area contributed by atoms with E-state index >= 15 is 0 Å². The number of imide groups is 1. The van der Waals surface area contributed by atoms with E-state index in [2.05, 4.69) is 5.32 Å². The van der Waals surface area contributed by atoms with Gasteiger partial charge in [0.1, 0.15) is 16.3 Å². The van der Waals surface area contributed by atoms with Crippen LogP contribution in [-0.4, -0.2) is 29.2 Å². The van der Waals surface area contributed by atoms with Crippen molar-refractivity contribution in [1.29, 1.82) is 0 Å². The van der Waals surface area contributed by atoms with Crippen LogP contribution in [0.15, 0.2) is 72.8 Å². The molecule has 3 amide bonds. The summed E-state index contributed by atoms with van der Waals surface area (Å²) < 4.78 is 0. The molecule has 3 aromatic carbocycles. The number of hydrogen-bond donors (Lipinski definition) is 1. The van der Waals surface area contributed by atoms with Gasteiger partial charge in [0.15, 0.2) is 0 Å². The summed E-state index contributed by atoms with van der Waals surface area (Å²) in [5.41, 5.74) is 4.59. The van der Waals surface area contributed by atoms with E-state index in [1.807, 2.05) is 67.6 Å². The Hall–Kier alpha value is -3.15. The Labute approximate surface area is 206 Å². The standard InChI is InChI=1S/C27H20Cl2N2O3/c1-15-10-12-16(13-11-15)30-21(32)14-31-24(33)22-23(25(31)34)27(29)18-7-3-2-6-17(18)26(22,28)19-8-4-5-9-20(19)27/h2-13,22-23H,14H2,1H3,(H,30,32)/t22-,23-,26?,27?/m0/s1. The van der Waals surface area contributed by atoms with Crippen molar-refractivity contribution in [2.24, 2.45) is 11.8 Å². The molecule has 3 aliphatic carbocycles. The molecule has 1 fully saturated rings. The summed E-state index contributed by atoms with van der Waals surface area (Å²) in [6, 6.07) is 22.2. The maximum absolute atomic E-state index is 13.7. The second-order valence-electron chi connectivity index (χ2n) is 9.15. The number of nitrogens with zero attached hydrogens (tertiary/aromatic N) is 1. The minimum Gasteiger partial charge on any atom is -0.325 e. The van der Waals surface area contributed by atoms with Crippen molar-refractivity contribution >= 4 is 46.6 Å². The van der Waals surface area contributed by atoms with Gasteiger partial charge in [0.05, 0.1) is 11.8 Å². The SMILES string of the molecule is Cc1ccc(NC(=O)CN2C(=O)[C@@H]3[C@@H](C2=O)C2(Cl)c4ccccc4C3(Cl)c3ccccc32)cc1. The number of carbonyl (C=O) groups is 3. The lowest BCUT2D eigenvalue weighted by atomic mass is 9.54. The maximum atomic E-state index is 13.7. The minimum atomic E-state index is -1.25. The van der Waals surface area contributed by atoms with Gasteiger partial charge >= 0.3 is 0 Å². The molecule has 1 N–H and O–H groups in total. The van der Waals surface area contributed by atoms with E-state index in [9.17, 15) is 14.4 Å². The Bertz CT molecular complexity index is 1260. The monoisotopic (exact) mass is 490 g/mol. The first-order chi connectivity index (χ1) is 16.3. The minimum absolute atomic E-state index is 0.398. The lowest BCUT2D eigenvalue weighted by Gasteiger charge is -2.54. The average Bonchev–Trinajstić information content (AvgIpc) is 3.10. The van der Waals surface area contributed by atoms with Crippen LogP contribution >= 0.6 is 23.2 Å². The number of likely N-dealkylation sites (tertiary alicyclic amines) is 1. The molecule has 1 heterocycles. The molecule has 0 spiro atoms. The number of amides is 3. The van der Waals surface area contributed by atoms with Crippen LogP contribution < -0.4 is 5.32 Å². The Kier molecular flexibility index (Phi) is 4.51. The van der Waals surface area contributed by atoms with Crippen molar-refractivity contribution in [3.8, 4) is 0 Å². The first-order valence-corrected chi connectivity index (χ1v) is 11.8. The smallest absolute Gasteiger partial charge is 0.244 e. The van der Waals surface area contributed by atoms with Gasteiger partial charge in [-0.15, -0.1) is 23.2 Å². The molecular formula is C27H20Cl2N2O3. The van der Waals surface area contributed by atoms with E-state index in [1.54, 1.807) is 12.1 Å². The average molecular weight is 491 g/mol. The van der Waals surface area contributed by atoms with E-state index in [0.717, 1.165) is 32.7 Å². The van der Waals surface area contributed by atoms with E-state index in [1.165, 1.54) is 0 Å². The molecule has 0 radical (unpaired) electrons. The fourth-order valence-corrected chi connectivity index (χ4v) is 6.96. The lowest BCUT2D eigenvalue weighted by Crippen LogP contribution is -2.57. The first-order valence-electron chi connectivity index (χ1n) is 11.1. The van der Waals surface area contributed by atoms with Crippen molar-refractivity contribution < 1.29 is 14.4 Å². The molecule has 0 aromatic heterocycles. The van der Waals surface area contributed by atoms with E-state index in [0.29, 0.717) is 5.69 Å². The molecule has 1 aliphatic heterocycles. The number of nitrogens with one attached hydrogen (secondary N) is 1. The van der Waals surface area contributed by atoms with Gasteiger partial charge in [0.25, 0.3) is 0 Å². The van der Waals surface area contributed by atoms with Crippen LogP contribution in [-0.2, 0) is 24.1 Å². The Morgan fingerprint density at radius 2 is 1.21 bits per heavy atom. The number of benzene rings is 3. The van der Waals surface area contributed by atoms with Gasteiger partial charge in [-0.05, 0) is 41.3 Å². The second kappa shape index (κ2) is 7.17. The van der Waals surface area contributed by atoms with Gasteiger partial charge in [-0.1, -0.05) is 66.2 Å². The number of anilines is 1. The van der Waals surface area contributed by atoms with E-state index < -0.39 is 45.9 Å². The summed E-state index contributed by atoms with van der Waals surface area (Å²) >= 11 is 14.7. The van der Waals surface area contributed by atoms with Crippen LogP contribution in [0.4, 0.5) is 5.69 Å². The highest BCUT2D eigenvalue weighted by Crippen LogP contribution is 2.69. The van der Waals surface area contributed by atoms with Gasteiger partial charge in [-0.3, -0.25) is 19.3 Å². The topological polar surface area (TPSA) is 66.5 Å². The van der Waals surface area contributed by atoms with Gasteiger partial charge in [0.2, 0.25) is 17.7 Å². The number of carbonyl (C=O) groups excluding carboxylic acids is 3. The summed E-state index contributed by atoms with van der Waals surface area (Å²) in [6.07, 6.45) is 0. The fourth-order valence-electron chi connectivity index (χ4n) is 5.86. The number of alkyl halides is 2. The lowest BCUT2D eigenvalue weighted by molar-refractivity contribution is -0.142. The maximum Gasteiger partial charge on any atom is 0.244 e. The molecule has 0 saturated carbocycles. The number of halogens is 2. The fraction of sp³-hybridized carbons (Fsp3) is 0.222. The first kappa shape index (κ1) is 21.4. The molecule has 1 saturated heterocycles. The van der Waals surface area contributed by atoms with Crippen LogP contribution in [0, 0.1) is 18.8 Å². The van der Waals surface area contributed by atoms with Crippen molar-refractivity contribution in [3.05, 3.63) is 101 Å². The number of rotatable bonds is 3. The summed E-state index contributed by atoms with van der Waals surface area (Å²) in [6.45, 7) is 1.55. The van der Waals surface area contributed by atoms with Crippen LogP contribution in [0.2, 0.25) is 0 Å². The predicted molar refractivity (Wildman–Crippen MR) is 130 cm³/mol. The van der Waals surface area contributed by atoms with Gasteiger partial charge in [-0.2, -0.15) is 0 Å². The molecule has 5 nitrogen and oxygen atoms in total. The molecule has 4 aliphatic rings. The molecule has 0 unspecified atom stereocenters. The number of aryl methyl sites for hydroxylation is 1. The van der Waals surface area contributed by atoms with Gasteiger partial charge in [0, 0.05) is 5.69 Å². The molecule has 2 atom stereocenters. The predicted octanol–water partition coefficient (Wildman–Crippen LogP) is 4.53. The molecule has 3 aromatic rings. The summed E-state index contributed by atoms with van der Waals surface area (Å²) in [4.78, 5) is 38.8. The van der Waals surface area contributed by atoms with Gasteiger partial charge in [-0.25, -0.2) is 0 Å². The molecule has 7 heteroatoms. The van der Waals surface area contributed by atoms with Crippen molar-refractivity contribution in [2.75, 3.05) is 11.9 Å². The summed E-state index contributed by atoms with van der Waals surface area (Å²) in [5.74, 6) is -3.22. The van der Waals surface area contributed by atoms with E-state index in [4.69, 9.17) is 23.2 Å².